The van der Waals surface area contributed by atoms with Gasteiger partial charge in [-0.15, -0.1) is 0 Å². The number of primary amides is 1. The van der Waals surface area contributed by atoms with E-state index in [0.29, 0.717) is 24.7 Å². The Hall–Kier alpha value is -1.79. The first-order chi connectivity index (χ1) is 9.97. The van der Waals surface area contributed by atoms with Crippen LogP contribution in [-0.4, -0.2) is 49.1 Å². The molecule has 6 nitrogen and oxygen atoms in total. The van der Waals surface area contributed by atoms with Crippen LogP contribution in [0.1, 0.15) is 17.3 Å². The molecule has 1 fully saturated rings. The number of carbonyl (C=O) groups is 2. The Kier molecular flexibility index (Phi) is 5.03. The van der Waals surface area contributed by atoms with Crippen LogP contribution in [0.2, 0.25) is 5.02 Å². The van der Waals surface area contributed by atoms with Gasteiger partial charge in [0.2, 0.25) is 0 Å². The molecule has 0 unspecified atom stereocenters. The highest BCUT2D eigenvalue weighted by Crippen LogP contribution is 2.22. The average Bonchev–Trinajstić information content (AvgIpc) is 2.45. The van der Waals surface area contributed by atoms with Crippen molar-refractivity contribution >= 4 is 23.4 Å². The summed E-state index contributed by atoms with van der Waals surface area (Å²) in [7, 11) is 0. The largest absolute Gasteiger partial charge is 0.483 e. The van der Waals surface area contributed by atoms with Crippen LogP contribution in [0.3, 0.4) is 0 Å². The lowest BCUT2D eigenvalue weighted by Crippen LogP contribution is -2.46. The van der Waals surface area contributed by atoms with Crippen molar-refractivity contribution < 1.29 is 19.1 Å². The predicted octanol–water partition coefficient (Wildman–Crippen LogP) is 1.07. The van der Waals surface area contributed by atoms with Crippen molar-refractivity contribution in [2.45, 2.75) is 13.0 Å². The molecular weight excluding hydrogens is 296 g/mol. The zero-order valence-electron chi connectivity index (χ0n) is 11.7. The van der Waals surface area contributed by atoms with Gasteiger partial charge in [0, 0.05) is 18.1 Å². The van der Waals surface area contributed by atoms with Gasteiger partial charge in [-0.1, -0.05) is 11.6 Å². The third-order valence-electron chi connectivity index (χ3n) is 3.15. The molecule has 0 aromatic heterocycles. The molecule has 0 spiro atoms. The van der Waals surface area contributed by atoms with Gasteiger partial charge in [0.15, 0.2) is 6.61 Å². The lowest BCUT2D eigenvalue weighted by molar-refractivity contribution is -0.140. The molecule has 1 aromatic carbocycles. The minimum absolute atomic E-state index is 0.0133. The van der Waals surface area contributed by atoms with Crippen LogP contribution in [0.5, 0.6) is 5.75 Å². The van der Waals surface area contributed by atoms with E-state index in [1.807, 2.05) is 6.92 Å². The predicted molar refractivity (Wildman–Crippen MR) is 77.5 cm³/mol. The van der Waals surface area contributed by atoms with E-state index in [2.05, 4.69) is 0 Å². The summed E-state index contributed by atoms with van der Waals surface area (Å²) in [6.07, 6.45) is 0.0133. The van der Waals surface area contributed by atoms with E-state index in [9.17, 15) is 9.59 Å². The first kappa shape index (κ1) is 15.6. The minimum Gasteiger partial charge on any atom is -0.483 e. The van der Waals surface area contributed by atoms with Gasteiger partial charge in [-0.25, -0.2) is 0 Å². The molecule has 2 amide bonds. The number of rotatable bonds is 4. The molecule has 2 N–H and O–H groups in total. The summed E-state index contributed by atoms with van der Waals surface area (Å²) < 4.78 is 10.8. The molecule has 2 rings (SSSR count). The topological polar surface area (TPSA) is 81.9 Å². The zero-order chi connectivity index (χ0) is 15.4. The molecule has 1 saturated heterocycles. The van der Waals surface area contributed by atoms with Crippen LogP contribution in [0.25, 0.3) is 0 Å². The molecule has 0 bridgehead atoms. The van der Waals surface area contributed by atoms with E-state index in [1.54, 1.807) is 11.0 Å². The quantitative estimate of drug-likeness (QED) is 0.901. The Morgan fingerprint density at radius 2 is 2.29 bits per heavy atom. The van der Waals surface area contributed by atoms with E-state index in [4.69, 9.17) is 26.8 Å². The molecule has 7 heteroatoms. The smallest absolute Gasteiger partial charge is 0.260 e. The summed E-state index contributed by atoms with van der Waals surface area (Å²) in [5.74, 6) is -0.558. The van der Waals surface area contributed by atoms with Gasteiger partial charge in [-0.3, -0.25) is 9.59 Å². The number of hydrogen-bond donors (Lipinski definition) is 1. The van der Waals surface area contributed by atoms with E-state index in [-0.39, 0.29) is 29.9 Å². The average molecular weight is 313 g/mol. The molecular formula is C14H17ClN2O4. The molecule has 114 valence electrons. The fourth-order valence-corrected chi connectivity index (χ4v) is 2.27. The zero-order valence-corrected chi connectivity index (χ0v) is 12.4. The molecule has 0 aliphatic carbocycles. The van der Waals surface area contributed by atoms with Crippen LogP contribution < -0.4 is 10.5 Å². The van der Waals surface area contributed by atoms with Crippen molar-refractivity contribution in [2.75, 3.05) is 26.3 Å². The van der Waals surface area contributed by atoms with E-state index >= 15 is 0 Å². The maximum Gasteiger partial charge on any atom is 0.260 e. The maximum atomic E-state index is 12.1. The number of amides is 2. The second-order valence-corrected chi connectivity index (χ2v) is 5.25. The molecule has 1 aliphatic heterocycles. The van der Waals surface area contributed by atoms with Crippen LogP contribution >= 0.6 is 11.6 Å². The van der Waals surface area contributed by atoms with Gasteiger partial charge in [-0.2, -0.15) is 0 Å². The summed E-state index contributed by atoms with van der Waals surface area (Å²) in [6.45, 7) is 3.33. The van der Waals surface area contributed by atoms with Crippen molar-refractivity contribution in [3.8, 4) is 5.75 Å². The van der Waals surface area contributed by atoms with Crippen molar-refractivity contribution in [3.63, 3.8) is 0 Å². The standard InChI is InChI=1S/C14H17ClN2O4/c1-9-7-17(4-5-20-9)13(18)8-21-12-3-2-10(15)6-11(12)14(16)19/h2-3,6,9H,4-5,7-8H2,1H3,(H2,16,19)/t9-/m0/s1. The third kappa shape index (κ3) is 4.09. The van der Waals surface area contributed by atoms with Gasteiger partial charge < -0.3 is 20.1 Å². The highest BCUT2D eigenvalue weighted by atomic mass is 35.5. The lowest BCUT2D eigenvalue weighted by Gasteiger charge is -2.31. The monoisotopic (exact) mass is 312 g/mol. The third-order valence-corrected chi connectivity index (χ3v) is 3.39. The Labute approximate surface area is 127 Å². The van der Waals surface area contributed by atoms with Crippen molar-refractivity contribution in [1.29, 1.82) is 0 Å². The van der Waals surface area contributed by atoms with E-state index in [0.717, 1.165) is 0 Å². The van der Waals surface area contributed by atoms with Crippen LogP contribution in [0, 0.1) is 0 Å². The Morgan fingerprint density at radius 1 is 1.52 bits per heavy atom. The highest BCUT2D eigenvalue weighted by Gasteiger charge is 2.22. The lowest BCUT2D eigenvalue weighted by atomic mass is 10.2. The van der Waals surface area contributed by atoms with E-state index < -0.39 is 5.91 Å². The second-order valence-electron chi connectivity index (χ2n) is 4.81. The summed E-state index contributed by atoms with van der Waals surface area (Å²) >= 11 is 5.81. The van der Waals surface area contributed by atoms with Crippen molar-refractivity contribution in [2.24, 2.45) is 5.73 Å². The molecule has 21 heavy (non-hydrogen) atoms. The number of morpholine rings is 1. The number of nitrogens with zero attached hydrogens (tertiary/aromatic N) is 1. The fourth-order valence-electron chi connectivity index (χ4n) is 2.10. The van der Waals surface area contributed by atoms with E-state index in [1.165, 1.54) is 12.1 Å². The van der Waals surface area contributed by atoms with Crippen LogP contribution in [0.15, 0.2) is 18.2 Å². The summed E-state index contributed by atoms with van der Waals surface area (Å²) in [5, 5.41) is 0.379. The summed E-state index contributed by atoms with van der Waals surface area (Å²) in [4.78, 5) is 25.1. The second kappa shape index (κ2) is 6.78. The minimum atomic E-state index is -0.653. The summed E-state index contributed by atoms with van der Waals surface area (Å²) in [5.41, 5.74) is 5.42. The van der Waals surface area contributed by atoms with Crippen LogP contribution in [-0.2, 0) is 9.53 Å². The Morgan fingerprint density at radius 3 is 2.95 bits per heavy atom. The number of hydrogen-bond acceptors (Lipinski definition) is 4. The van der Waals surface area contributed by atoms with Gasteiger partial charge in [0.25, 0.3) is 11.8 Å². The fraction of sp³-hybridized carbons (Fsp3) is 0.429. The number of halogens is 1. The molecule has 1 aromatic rings. The van der Waals surface area contributed by atoms with Gasteiger partial charge in [0.1, 0.15) is 5.75 Å². The van der Waals surface area contributed by atoms with Crippen molar-refractivity contribution in [3.05, 3.63) is 28.8 Å². The Bertz CT molecular complexity index is 550. The molecule has 1 heterocycles. The SMILES string of the molecule is C[C@H]1CN(C(=O)COc2ccc(Cl)cc2C(N)=O)CCO1. The van der Waals surface area contributed by atoms with Gasteiger partial charge in [-0.05, 0) is 25.1 Å². The summed E-state index contributed by atoms with van der Waals surface area (Å²) in [6, 6.07) is 4.52. The number of benzene rings is 1. The number of nitrogens with two attached hydrogens (primary N) is 1. The van der Waals surface area contributed by atoms with Gasteiger partial charge in [0.05, 0.1) is 18.3 Å². The van der Waals surface area contributed by atoms with Crippen LogP contribution in [0.4, 0.5) is 0 Å². The molecule has 1 atom stereocenters. The van der Waals surface area contributed by atoms with Crippen molar-refractivity contribution in [1.82, 2.24) is 4.90 Å². The molecule has 0 radical (unpaired) electrons. The molecule has 0 saturated carbocycles. The Balaban J connectivity index is 1.99. The first-order valence-corrected chi connectivity index (χ1v) is 6.96. The van der Waals surface area contributed by atoms with Gasteiger partial charge >= 0.3 is 0 Å². The number of ether oxygens (including phenoxy) is 2. The first-order valence-electron chi connectivity index (χ1n) is 6.59. The normalized spacial score (nSPS) is 18.4. The highest BCUT2D eigenvalue weighted by molar-refractivity contribution is 6.31. The molecule has 1 aliphatic rings. The number of carbonyl (C=O) groups excluding carboxylic acids is 2. The maximum absolute atomic E-state index is 12.1.